The molecule has 0 radical (unpaired) electrons. The standard InChI is InChI=1S/C15H12FNO4/c16-11-3-1-2-9(7-11)6-10-4-5-17-14(10)12(18)8-13(19)15(20)21/h1-5,7-8,17,19H,6H2,(H,20,21)/b13-8-. The van der Waals surface area contributed by atoms with Gasteiger partial charge in [0.25, 0.3) is 0 Å². The summed E-state index contributed by atoms with van der Waals surface area (Å²) in [5.41, 5.74) is 1.42. The van der Waals surface area contributed by atoms with E-state index in [4.69, 9.17) is 10.2 Å². The summed E-state index contributed by atoms with van der Waals surface area (Å²) in [5, 5.41) is 17.6. The number of benzene rings is 1. The van der Waals surface area contributed by atoms with Crippen molar-refractivity contribution in [1.82, 2.24) is 4.98 Å². The summed E-state index contributed by atoms with van der Waals surface area (Å²) >= 11 is 0. The van der Waals surface area contributed by atoms with Crippen molar-refractivity contribution in [2.75, 3.05) is 0 Å². The van der Waals surface area contributed by atoms with E-state index in [1.54, 1.807) is 18.2 Å². The van der Waals surface area contributed by atoms with Crippen LogP contribution in [-0.4, -0.2) is 26.9 Å². The Kier molecular flexibility index (Phi) is 4.18. The van der Waals surface area contributed by atoms with Crippen LogP contribution in [0.5, 0.6) is 0 Å². The number of nitrogens with one attached hydrogen (secondary N) is 1. The van der Waals surface area contributed by atoms with Gasteiger partial charge >= 0.3 is 5.97 Å². The number of hydrogen-bond acceptors (Lipinski definition) is 3. The lowest BCUT2D eigenvalue weighted by atomic mass is 10.0. The van der Waals surface area contributed by atoms with Crippen molar-refractivity contribution in [2.24, 2.45) is 0 Å². The molecule has 3 N–H and O–H groups in total. The van der Waals surface area contributed by atoms with Crippen LogP contribution < -0.4 is 0 Å². The lowest BCUT2D eigenvalue weighted by Gasteiger charge is -2.02. The van der Waals surface area contributed by atoms with Gasteiger partial charge in [0.15, 0.2) is 0 Å². The molecule has 0 spiro atoms. The van der Waals surface area contributed by atoms with Gasteiger partial charge in [-0.2, -0.15) is 0 Å². The summed E-state index contributed by atoms with van der Waals surface area (Å²) in [6, 6.07) is 7.60. The van der Waals surface area contributed by atoms with Crippen molar-refractivity contribution in [3.63, 3.8) is 0 Å². The second-order valence-electron chi connectivity index (χ2n) is 4.38. The topological polar surface area (TPSA) is 90.4 Å². The molecule has 2 aromatic rings. The first-order valence-electron chi connectivity index (χ1n) is 6.06. The molecule has 0 aliphatic heterocycles. The quantitative estimate of drug-likeness (QED) is 0.448. The number of carboxylic acids is 1. The van der Waals surface area contributed by atoms with E-state index in [0.29, 0.717) is 23.6 Å². The van der Waals surface area contributed by atoms with Crippen LogP contribution in [0.1, 0.15) is 21.6 Å². The average molecular weight is 289 g/mol. The van der Waals surface area contributed by atoms with Crippen molar-refractivity contribution in [3.05, 3.63) is 71.0 Å². The number of aliphatic hydroxyl groups excluding tert-OH is 1. The van der Waals surface area contributed by atoms with E-state index < -0.39 is 17.5 Å². The van der Waals surface area contributed by atoms with Gasteiger partial charge in [0.1, 0.15) is 5.82 Å². The third-order valence-electron chi connectivity index (χ3n) is 2.85. The van der Waals surface area contributed by atoms with E-state index in [-0.39, 0.29) is 11.5 Å². The van der Waals surface area contributed by atoms with Gasteiger partial charge in [-0.1, -0.05) is 12.1 Å². The molecule has 1 heterocycles. The van der Waals surface area contributed by atoms with Gasteiger partial charge in [0, 0.05) is 12.3 Å². The fraction of sp³-hybridized carbons (Fsp3) is 0.0667. The van der Waals surface area contributed by atoms with E-state index in [0.717, 1.165) is 0 Å². The van der Waals surface area contributed by atoms with Gasteiger partial charge in [0.2, 0.25) is 11.5 Å². The third-order valence-corrected chi connectivity index (χ3v) is 2.85. The molecule has 21 heavy (non-hydrogen) atoms. The van der Waals surface area contributed by atoms with Crippen molar-refractivity contribution in [1.29, 1.82) is 0 Å². The number of halogens is 1. The van der Waals surface area contributed by atoms with Crippen LogP contribution in [0.25, 0.3) is 0 Å². The zero-order valence-electron chi connectivity index (χ0n) is 10.8. The minimum Gasteiger partial charge on any atom is -0.502 e. The smallest absolute Gasteiger partial charge is 0.371 e. The molecule has 1 aromatic carbocycles. The van der Waals surface area contributed by atoms with Crippen LogP contribution >= 0.6 is 0 Å². The lowest BCUT2D eigenvalue weighted by molar-refractivity contribution is -0.135. The number of aliphatic carboxylic acids is 1. The minimum absolute atomic E-state index is 0.159. The fourth-order valence-electron chi connectivity index (χ4n) is 1.90. The number of hydrogen-bond donors (Lipinski definition) is 3. The normalized spacial score (nSPS) is 11.4. The second-order valence-corrected chi connectivity index (χ2v) is 4.38. The highest BCUT2D eigenvalue weighted by atomic mass is 19.1. The molecule has 0 amide bonds. The molecule has 0 bridgehead atoms. The molecule has 0 aliphatic rings. The number of ketones is 1. The first kappa shape index (κ1) is 14.5. The second kappa shape index (κ2) is 6.04. The van der Waals surface area contributed by atoms with E-state index in [1.165, 1.54) is 18.3 Å². The Bertz CT molecular complexity index is 718. The number of aromatic nitrogens is 1. The Balaban J connectivity index is 2.25. The molecule has 0 fully saturated rings. The number of allylic oxidation sites excluding steroid dienone is 1. The maximum absolute atomic E-state index is 13.1. The van der Waals surface area contributed by atoms with Crippen molar-refractivity contribution in [3.8, 4) is 0 Å². The molecular formula is C15H12FNO4. The van der Waals surface area contributed by atoms with E-state index in [9.17, 15) is 14.0 Å². The van der Waals surface area contributed by atoms with Gasteiger partial charge in [-0.25, -0.2) is 9.18 Å². The number of carboxylic acid groups (broad SMARTS) is 1. The fourth-order valence-corrected chi connectivity index (χ4v) is 1.90. The molecule has 0 saturated carbocycles. The maximum Gasteiger partial charge on any atom is 0.371 e. The number of aliphatic hydroxyl groups is 1. The Labute approximate surface area is 119 Å². The summed E-state index contributed by atoms with van der Waals surface area (Å²) in [5.74, 6) is -3.65. The van der Waals surface area contributed by atoms with Crippen LogP contribution in [0.15, 0.2) is 48.4 Å². The highest BCUT2D eigenvalue weighted by molar-refractivity contribution is 6.07. The number of carbonyl (C=O) groups excluding carboxylic acids is 1. The minimum atomic E-state index is -1.58. The largest absolute Gasteiger partial charge is 0.502 e. The Morgan fingerprint density at radius 2 is 2.00 bits per heavy atom. The van der Waals surface area contributed by atoms with Gasteiger partial charge in [-0.15, -0.1) is 0 Å². The van der Waals surface area contributed by atoms with Gasteiger partial charge < -0.3 is 15.2 Å². The molecule has 0 atom stereocenters. The molecule has 0 saturated heterocycles. The molecule has 5 nitrogen and oxygen atoms in total. The number of carbonyl (C=O) groups is 2. The van der Waals surface area contributed by atoms with Crippen LogP contribution in [0.4, 0.5) is 4.39 Å². The van der Waals surface area contributed by atoms with Crippen molar-refractivity contribution < 1.29 is 24.2 Å². The molecule has 2 rings (SSSR count). The molecular weight excluding hydrogens is 277 g/mol. The van der Waals surface area contributed by atoms with Crippen molar-refractivity contribution >= 4 is 11.8 Å². The summed E-state index contributed by atoms with van der Waals surface area (Å²) in [4.78, 5) is 25.1. The molecule has 6 heteroatoms. The zero-order chi connectivity index (χ0) is 15.4. The number of rotatable bonds is 5. The third kappa shape index (κ3) is 3.56. The summed E-state index contributed by atoms with van der Waals surface area (Å²) in [6.45, 7) is 0. The lowest BCUT2D eigenvalue weighted by Crippen LogP contribution is -2.06. The predicted octanol–water partition coefficient (Wildman–Crippen LogP) is 2.45. The van der Waals surface area contributed by atoms with E-state index >= 15 is 0 Å². The van der Waals surface area contributed by atoms with Gasteiger partial charge in [0.05, 0.1) is 5.69 Å². The molecule has 0 aliphatic carbocycles. The Morgan fingerprint density at radius 3 is 2.67 bits per heavy atom. The van der Waals surface area contributed by atoms with E-state index in [2.05, 4.69) is 4.98 Å². The molecule has 1 aromatic heterocycles. The van der Waals surface area contributed by atoms with Gasteiger partial charge in [-0.3, -0.25) is 4.79 Å². The van der Waals surface area contributed by atoms with E-state index in [1.807, 2.05) is 0 Å². The van der Waals surface area contributed by atoms with Crippen LogP contribution in [0, 0.1) is 5.82 Å². The predicted molar refractivity (Wildman–Crippen MR) is 72.7 cm³/mol. The first-order chi connectivity index (χ1) is 9.97. The zero-order valence-corrected chi connectivity index (χ0v) is 10.8. The number of H-pyrrole nitrogens is 1. The molecule has 108 valence electrons. The average Bonchev–Trinajstić information content (AvgIpc) is 2.86. The van der Waals surface area contributed by atoms with Crippen LogP contribution in [0.2, 0.25) is 0 Å². The van der Waals surface area contributed by atoms with Crippen molar-refractivity contribution in [2.45, 2.75) is 6.42 Å². The highest BCUT2D eigenvalue weighted by Crippen LogP contribution is 2.15. The Morgan fingerprint density at radius 1 is 1.24 bits per heavy atom. The van der Waals surface area contributed by atoms with Gasteiger partial charge in [-0.05, 0) is 35.7 Å². The SMILES string of the molecule is O=C(O)/C(O)=C/C(=O)c1[nH]ccc1Cc1cccc(F)c1. The first-order valence-corrected chi connectivity index (χ1v) is 6.06. The summed E-state index contributed by atoms with van der Waals surface area (Å²) < 4.78 is 13.1. The van der Waals surface area contributed by atoms with Crippen LogP contribution in [-0.2, 0) is 11.2 Å². The monoisotopic (exact) mass is 289 g/mol. The molecule has 0 unspecified atom stereocenters. The summed E-state index contributed by atoms with van der Waals surface area (Å²) in [7, 11) is 0. The maximum atomic E-state index is 13.1. The highest BCUT2D eigenvalue weighted by Gasteiger charge is 2.14. The Hall–Kier alpha value is -2.89. The number of aromatic amines is 1. The van der Waals surface area contributed by atoms with Crippen LogP contribution in [0.3, 0.4) is 0 Å². The summed E-state index contributed by atoms with van der Waals surface area (Å²) in [6.07, 6.45) is 2.46.